The predicted octanol–water partition coefficient (Wildman–Crippen LogP) is 5.21. The average Bonchev–Trinajstić information content (AvgIpc) is 2.77. The molecule has 1 aliphatic heterocycles. The Labute approximate surface area is 194 Å². The quantitative estimate of drug-likeness (QED) is 0.212. The summed E-state index contributed by atoms with van der Waals surface area (Å²) in [6.45, 7) is 1.23. The van der Waals surface area contributed by atoms with Crippen LogP contribution in [-0.2, 0) is 6.54 Å². The van der Waals surface area contributed by atoms with E-state index in [4.69, 9.17) is 10.5 Å². The van der Waals surface area contributed by atoms with Crippen LogP contribution in [0.5, 0.6) is 5.75 Å². The normalized spacial score (nSPS) is 12.8. The van der Waals surface area contributed by atoms with Crippen LogP contribution in [0.1, 0.15) is 5.69 Å². The molecule has 4 rings (SSSR count). The molecule has 0 bridgehead atoms. The maximum Gasteiger partial charge on any atom is 0.147 e. The van der Waals surface area contributed by atoms with Crippen LogP contribution in [0, 0.1) is 14.7 Å². The predicted molar refractivity (Wildman–Crippen MR) is 133 cm³/mol. The maximum absolute atomic E-state index is 6.10. The van der Waals surface area contributed by atoms with Crippen LogP contribution in [0.3, 0.4) is 0 Å². The lowest BCUT2D eigenvalue weighted by molar-refractivity contribution is 0.308. The van der Waals surface area contributed by atoms with E-state index in [9.17, 15) is 0 Å². The van der Waals surface area contributed by atoms with Gasteiger partial charge in [-0.2, -0.15) is 0 Å². The summed E-state index contributed by atoms with van der Waals surface area (Å²) < 4.78 is 8.95. The van der Waals surface area contributed by atoms with Crippen molar-refractivity contribution in [1.82, 2.24) is 19.5 Å². The number of nitrogen functional groups attached to an aromatic ring is 1. The molecule has 3 aromatic rings. The zero-order valence-electron chi connectivity index (χ0n) is 12.9. The zero-order valence-corrected chi connectivity index (χ0v) is 21.1. The van der Waals surface area contributed by atoms with E-state index in [1.54, 1.807) is 11.4 Å². The monoisotopic (exact) mass is 719 g/mol. The summed E-state index contributed by atoms with van der Waals surface area (Å²) in [6.07, 6.45) is 3.32. The van der Waals surface area contributed by atoms with Crippen molar-refractivity contribution < 1.29 is 4.74 Å². The molecule has 2 N–H and O–H groups in total. The molecule has 132 valence electrons. The largest absolute Gasteiger partial charge is 0.491 e. The molecule has 11 heteroatoms. The third kappa shape index (κ3) is 3.61. The van der Waals surface area contributed by atoms with Gasteiger partial charge in [-0.25, -0.2) is 15.0 Å². The van der Waals surface area contributed by atoms with E-state index in [0.29, 0.717) is 24.7 Å². The van der Waals surface area contributed by atoms with E-state index >= 15 is 0 Å². The molecule has 0 spiro atoms. The number of aromatic nitrogens is 4. The van der Waals surface area contributed by atoms with Gasteiger partial charge in [0.15, 0.2) is 0 Å². The molecule has 0 radical (unpaired) electrons. The molecule has 4 heterocycles. The highest BCUT2D eigenvalue weighted by Crippen LogP contribution is 2.64. The van der Waals surface area contributed by atoms with Crippen LogP contribution < -0.4 is 10.5 Å². The first-order valence-corrected chi connectivity index (χ1v) is 16.7. The number of halogens is 3. The van der Waals surface area contributed by atoms with Crippen LogP contribution in [0.4, 0.5) is 5.82 Å². The third-order valence-corrected chi connectivity index (χ3v) is 9.41. The molecule has 3 aromatic heterocycles. The molecule has 0 amide bonds. The Hall–Kier alpha value is -0.1000. The minimum atomic E-state index is -0.169. The lowest BCUT2D eigenvalue weighted by Gasteiger charge is -2.07. The topological polar surface area (TPSA) is 78.8 Å². The van der Waals surface area contributed by atoms with E-state index in [1.807, 2.05) is 12.3 Å². The second-order valence-corrected chi connectivity index (χ2v) is 24.0. The molecule has 0 unspecified atom stereocenters. The van der Waals surface area contributed by atoms with Gasteiger partial charge in [-0.3, -0.25) is 0 Å². The molecule has 0 fully saturated rings. The lowest BCUT2D eigenvalue weighted by atomic mass is 10.1. The van der Waals surface area contributed by atoms with Gasteiger partial charge in [0.05, 0.1) is 29.2 Å². The Morgan fingerprint density at radius 2 is 2.15 bits per heavy atom. The summed E-state index contributed by atoms with van der Waals surface area (Å²) in [6, 6.07) is 1.91. The van der Waals surface area contributed by atoms with Crippen molar-refractivity contribution in [3.8, 4) is 28.2 Å². The zero-order chi connectivity index (χ0) is 18.3. The number of hydrogen-bond donors (Lipinski definition) is 1. The number of rotatable bonds is 1. The number of anilines is 1. The number of nitrogens with two attached hydrogens (primary N) is 1. The number of hydrogen-bond acceptors (Lipinski definition) is 6. The van der Waals surface area contributed by atoms with Gasteiger partial charge in [0.1, 0.15) is 35.8 Å². The molecule has 0 aliphatic carbocycles. The molecule has 6 nitrogen and oxygen atoms in total. The minimum Gasteiger partial charge on any atom is -0.491 e. The smallest absolute Gasteiger partial charge is 0.147 e. The molecule has 0 saturated heterocycles. The van der Waals surface area contributed by atoms with Gasteiger partial charge >= 0.3 is 0 Å². The highest BCUT2D eigenvalue weighted by molar-refractivity contribution is 14.3. The Kier molecular flexibility index (Phi) is 5.99. The summed E-state index contributed by atoms with van der Waals surface area (Å²) >= 11 is 8.68. The van der Waals surface area contributed by atoms with Gasteiger partial charge in [-0.05, 0) is 89.2 Å². The number of fused-ring (bicyclic) bond motifs is 5. The van der Waals surface area contributed by atoms with Crippen molar-refractivity contribution in [2.75, 3.05) is 12.3 Å². The third-order valence-electron chi connectivity index (χ3n) is 3.80. The molecule has 26 heavy (non-hydrogen) atoms. The molecule has 0 saturated carbocycles. The summed E-state index contributed by atoms with van der Waals surface area (Å²) in [5, 5.41) is 3.99. The molecule has 0 atom stereocenters. The molecule has 0 aromatic carbocycles. The van der Waals surface area contributed by atoms with E-state index in [2.05, 4.69) is 97.4 Å². The minimum absolute atomic E-state index is 0.169. The highest BCUT2D eigenvalue weighted by Gasteiger charge is 2.25. The summed E-state index contributed by atoms with van der Waals surface area (Å²) in [5.74, 6) is 4.37. The van der Waals surface area contributed by atoms with Crippen molar-refractivity contribution in [1.29, 1.82) is 0 Å². The fraction of sp³-hybridized carbons (Fsp3) is 0.133. The van der Waals surface area contributed by atoms with Crippen molar-refractivity contribution in [3.05, 3.63) is 27.9 Å². The molecule has 1 aliphatic rings. The van der Waals surface area contributed by atoms with Gasteiger partial charge in [-0.15, -0.1) is 0 Å². The van der Waals surface area contributed by atoms with Gasteiger partial charge in [0, 0.05) is 12.3 Å². The van der Waals surface area contributed by atoms with Crippen LogP contribution in [0.15, 0.2) is 18.6 Å². The van der Waals surface area contributed by atoms with E-state index < -0.39 is 0 Å². The van der Waals surface area contributed by atoms with Crippen molar-refractivity contribution in [2.45, 2.75) is 6.54 Å². The van der Waals surface area contributed by atoms with Crippen molar-refractivity contribution in [2.24, 2.45) is 0 Å². The maximum atomic E-state index is 6.10. The Morgan fingerprint density at radius 3 is 2.96 bits per heavy atom. The first-order chi connectivity index (χ1) is 12.6. The fourth-order valence-electron chi connectivity index (χ4n) is 2.79. The lowest BCUT2D eigenvalue weighted by Crippen LogP contribution is -2.06. The number of ether oxygens (including phenoxy) is 1. The van der Waals surface area contributed by atoms with Crippen LogP contribution in [0.2, 0.25) is 0 Å². The summed E-state index contributed by atoms with van der Waals surface area (Å²) in [5.41, 5.74) is 9.57. The Bertz CT molecular complexity index is 1080. The highest BCUT2D eigenvalue weighted by atomic mass is 127. The Morgan fingerprint density at radius 1 is 1.31 bits per heavy atom. The van der Waals surface area contributed by atoms with Crippen LogP contribution in [-0.4, -0.2) is 26.1 Å². The van der Waals surface area contributed by atoms with E-state index in [0.717, 1.165) is 31.6 Å². The number of nitrogens with zero attached hydrogens (tertiary/aromatic N) is 4. The van der Waals surface area contributed by atoms with Crippen LogP contribution >= 0.6 is 80.5 Å². The molecular weight excluding hydrogens is 710 g/mol. The van der Waals surface area contributed by atoms with Gasteiger partial charge in [-0.1, -0.05) is 0 Å². The Balaban J connectivity index is 1.86. The standard InChI is InChI=1S/C15H9I3N5OPS/c16-12-11-14(19)21-7-22-15(11)23-2-3-24-10-5-8(1-4-26-25(17)18)20-6-9(10)13(12)23/h5-7H,2-3H2,(H2,19,21,22). The van der Waals surface area contributed by atoms with E-state index in [-0.39, 0.29) is 2.41 Å². The second kappa shape index (κ2) is 8.10. The van der Waals surface area contributed by atoms with Crippen LogP contribution in [0.25, 0.3) is 22.3 Å². The second-order valence-electron chi connectivity index (χ2n) is 5.21. The first-order valence-electron chi connectivity index (χ1n) is 7.27. The molecular formula is C15H9I3N5OPS. The van der Waals surface area contributed by atoms with Crippen molar-refractivity contribution in [3.63, 3.8) is 0 Å². The SMILES string of the molecule is Nc1ncnc2c1c(I)c1n2CCOc2cc(C#CSP(I)I)ncc2-1. The average molecular weight is 719 g/mol. The fourth-order valence-corrected chi connectivity index (χ4v) is 6.22. The van der Waals surface area contributed by atoms with Gasteiger partial charge in [0.2, 0.25) is 0 Å². The number of pyridine rings is 1. The van der Waals surface area contributed by atoms with Gasteiger partial charge < -0.3 is 15.0 Å². The first kappa shape index (κ1) is 19.2. The van der Waals surface area contributed by atoms with E-state index in [1.165, 1.54) is 6.33 Å². The van der Waals surface area contributed by atoms with Crippen molar-refractivity contribution >= 4 is 97.3 Å². The summed E-state index contributed by atoms with van der Waals surface area (Å²) in [7, 11) is 0. The van der Waals surface area contributed by atoms with Gasteiger partial charge in [0.25, 0.3) is 0 Å². The summed E-state index contributed by atoms with van der Waals surface area (Å²) in [4.78, 5) is 13.1.